The van der Waals surface area contributed by atoms with Crippen molar-refractivity contribution < 1.29 is 13.9 Å². The number of methoxy groups -OCH3 is 1. The minimum Gasteiger partial charge on any atom is -0.383 e. The van der Waals surface area contributed by atoms with Crippen molar-refractivity contribution in [1.82, 2.24) is 4.90 Å². The van der Waals surface area contributed by atoms with Gasteiger partial charge in [0, 0.05) is 14.2 Å². The van der Waals surface area contributed by atoms with E-state index in [0.717, 1.165) is 0 Å². The number of benzene rings is 1. The Labute approximate surface area is 101 Å². The highest BCUT2D eigenvalue weighted by Crippen LogP contribution is 2.14. The molecule has 1 aromatic rings. The van der Waals surface area contributed by atoms with Gasteiger partial charge in [0.25, 0.3) is 5.91 Å². The average Bonchev–Trinajstić information content (AvgIpc) is 2.31. The molecule has 1 aromatic carbocycles. The molecule has 0 saturated carbocycles. The fraction of sp³-hybridized carbons (Fsp3) is 0.462. The van der Waals surface area contributed by atoms with Gasteiger partial charge in [-0.25, -0.2) is 4.39 Å². The Kier molecular flexibility index (Phi) is 4.63. The summed E-state index contributed by atoms with van der Waals surface area (Å²) in [5.41, 5.74) is 0.582. The fourth-order valence-electron chi connectivity index (χ4n) is 1.56. The minimum atomic E-state index is -0.450. The van der Waals surface area contributed by atoms with Crippen molar-refractivity contribution in [2.45, 2.75) is 19.9 Å². The second kappa shape index (κ2) is 5.77. The molecule has 0 saturated heterocycles. The highest BCUT2D eigenvalue weighted by atomic mass is 19.1. The third-order valence-electron chi connectivity index (χ3n) is 2.81. The van der Waals surface area contributed by atoms with E-state index < -0.39 is 5.82 Å². The van der Waals surface area contributed by atoms with E-state index in [1.54, 1.807) is 33.2 Å². The van der Waals surface area contributed by atoms with Crippen LogP contribution in [0.1, 0.15) is 22.8 Å². The largest absolute Gasteiger partial charge is 0.383 e. The van der Waals surface area contributed by atoms with Crippen LogP contribution in [0.15, 0.2) is 18.2 Å². The molecule has 0 aliphatic heterocycles. The molecular weight excluding hydrogens is 221 g/mol. The molecule has 0 aromatic heterocycles. The maximum Gasteiger partial charge on any atom is 0.256 e. The van der Waals surface area contributed by atoms with Crippen molar-refractivity contribution in [1.29, 1.82) is 0 Å². The Morgan fingerprint density at radius 3 is 2.76 bits per heavy atom. The standard InChI is InChI=1S/C13H18FNO2/c1-9-6-5-7-11(12(9)14)13(16)15(3)10(2)8-17-4/h5-7,10H,8H2,1-4H3. The summed E-state index contributed by atoms with van der Waals surface area (Å²) >= 11 is 0. The van der Waals surface area contributed by atoms with Gasteiger partial charge in [-0.15, -0.1) is 0 Å². The Morgan fingerprint density at radius 2 is 2.18 bits per heavy atom. The number of likely N-dealkylation sites (N-methyl/N-ethyl adjacent to an activating group) is 1. The van der Waals surface area contributed by atoms with Crippen LogP contribution < -0.4 is 0 Å². The van der Waals surface area contributed by atoms with Gasteiger partial charge in [-0.3, -0.25) is 4.79 Å². The molecule has 0 heterocycles. The lowest BCUT2D eigenvalue weighted by Gasteiger charge is -2.24. The lowest BCUT2D eigenvalue weighted by molar-refractivity contribution is 0.0629. The molecule has 0 spiro atoms. The second-order valence-electron chi connectivity index (χ2n) is 4.16. The van der Waals surface area contributed by atoms with Gasteiger partial charge in [0.05, 0.1) is 18.2 Å². The van der Waals surface area contributed by atoms with Crippen molar-refractivity contribution in [3.05, 3.63) is 35.1 Å². The third-order valence-corrected chi connectivity index (χ3v) is 2.81. The smallest absolute Gasteiger partial charge is 0.256 e. The van der Waals surface area contributed by atoms with Crippen molar-refractivity contribution >= 4 is 5.91 Å². The van der Waals surface area contributed by atoms with E-state index in [1.807, 2.05) is 6.92 Å². The summed E-state index contributed by atoms with van der Waals surface area (Å²) in [5, 5.41) is 0. The first kappa shape index (κ1) is 13.6. The molecule has 4 heteroatoms. The number of nitrogens with zero attached hydrogens (tertiary/aromatic N) is 1. The highest BCUT2D eigenvalue weighted by molar-refractivity contribution is 5.94. The van der Waals surface area contributed by atoms with Crippen molar-refractivity contribution in [3.8, 4) is 0 Å². The normalized spacial score (nSPS) is 12.3. The van der Waals surface area contributed by atoms with Crippen LogP contribution in [-0.4, -0.2) is 37.6 Å². The monoisotopic (exact) mass is 239 g/mol. The van der Waals surface area contributed by atoms with Gasteiger partial charge in [-0.05, 0) is 25.5 Å². The van der Waals surface area contributed by atoms with Gasteiger partial charge >= 0.3 is 0 Å². The summed E-state index contributed by atoms with van der Waals surface area (Å²) in [6.07, 6.45) is 0. The number of ether oxygens (including phenoxy) is 1. The molecule has 0 aliphatic carbocycles. The molecule has 0 fully saturated rings. The van der Waals surface area contributed by atoms with Crippen LogP contribution in [0.4, 0.5) is 4.39 Å². The first-order chi connectivity index (χ1) is 7.99. The number of amides is 1. The summed E-state index contributed by atoms with van der Waals surface area (Å²) in [6.45, 7) is 3.93. The molecule has 0 radical (unpaired) electrons. The van der Waals surface area contributed by atoms with Gasteiger partial charge in [0.1, 0.15) is 5.82 Å². The predicted octanol–water partition coefficient (Wildman–Crippen LogP) is 2.24. The topological polar surface area (TPSA) is 29.5 Å². The Bertz CT molecular complexity index is 406. The Morgan fingerprint density at radius 1 is 1.53 bits per heavy atom. The van der Waals surface area contributed by atoms with Crippen LogP contribution in [0.5, 0.6) is 0 Å². The van der Waals surface area contributed by atoms with E-state index in [1.165, 1.54) is 11.0 Å². The fourth-order valence-corrected chi connectivity index (χ4v) is 1.56. The molecule has 94 valence electrons. The van der Waals surface area contributed by atoms with E-state index >= 15 is 0 Å². The van der Waals surface area contributed by atoms with Crippen LogP contribution >= 0.6 is 0 Å². The minimum absolute atomic E-state index is 0.0904. The number of rotatable bonds is 4. The van der Waals surface area contributed by atoms with Gasteiger partial charge in [0.15, 0.2) is 0 Å². The van der Waals surface area contributed by atoms with Gasteiger partial charge < -0.3 is 9.64 Å². The SMILES string of the molecule is COCC(C)N(C)C(=O)c1cccc(C)c1F. The molecule has 1 unspecified atom stereocenters. The number of hydrogen-bond donors (Lipinski definition) is 0. The van der Waals surface area contributed by atoms with E-state index in [-0.39, 0.29) is 17.5 Å². The van der Waals surface area contributed by atoms with Crippen molar-refractivity contribution in [2.24, 2.45) is 0 Å². The van der Waals surface area contributed by atoms with Crippen LogP contribution in [0.25, 0.3) is 0 Å². The molecule has 1 amide bonds. The third kappa shape index (κ3) is 3.03. The summed E-state index contributed by atoms with van der Waals surface area (Å²) in [6, 6.07) is 4.73. The molecular formula is C13H18FNO2. The van der Waals surface area contributed by atoms with Crippen molar-refractivity contribution in [2.75, 3.05) is 20.8 Å². The van der Waals surface area contributed by atoms with E-state index in [4.69, 9.17) is 4.74 Å². The number of carbonyl (C=O) groups excluding carboxylic acids is 1. The van der Waals surface area contributed by atoms with Crippen LogP contribution in [0, 0.1) is 12.7 Å². The van der Waals surface area contributed by atoms with E-state index in [2.05, 4.69) is 0 Å². The molecule has 1 atom stereocenters. The zero-order valence-electron chi connectivity index (χ0n) is 10.7. The second-order valence-corrected chi connectivity index (χ2v) is 4.16. The lowest BCUT2D eigenvalue weighted by Crippen LogP contribution is -2.38. The molecule has 1 rings (SSSR count). The zero-order valence-corrected chi connectivity index (χ0v) is 10.7. The number of carbonyl (C=O) groups is 1. The average molecular weight is 239 g/mol. The number of hydrogen-bond acceptors (Lipinski definition) is 2. The summed E-state index contributed by atoms with van der Waals surface area (Å²) in [4.78, 5) is 13.6. The van der Waals surface area contributed by atoms with Gasteiger partial charge in [0.2, 0.25) is 0 Å². The van der Waals surface area contributed by atoms with Gasteiger partial charge in [-0.2, -0.15) is 0 Å². The van der Waals surface area contributed by atoms with Gasteiger partial charge in [-0.1, -0.05) is 12.1 Å². The Balaban J connectivity index is 2.93. The molecule has 3 nitrogen and oxygen atoms in total. The van der Waals surface area contributed by atoms with E-state index in [9.17, 15) is 9.18 Å². The quantitative estimate of drug-likeness (QED) is 0.806. The highest BCUT2D eigenvalue weighted by Gasteiger charge is 2.20. The predicted molar refractivity (Wildman–Crippen MR) is 64.6 cm³/mol. The summed E-state index contributed by atoms with van der Waals surface area (Å²) in [7, 11) is 3.22. The molecule has 0 aliphatic rings. The molecule has 0 N–H and O–H groups in total. The lowest BCUT2D eigenvalue weighted by atomic mass is 10.1. The summed E-state index contributed by atoms with van der Waals surface area (Å²) < 4.78 is 18.8. The molecule has 0 bridgehead atoms. The summed E-state index contributed by atoms with van der Waals surface area (Å²) in [5.74, 6) is -0.773. The van der Waals surface area contributed by atoms with Crippen LogP contribution in [0.2, 0.25) is 0 Å². The number of halogens is 1. The maximum atomic E-state index is 13.8. The zero-order chi connectivity index (χ0) is 13.0. The first-order valence-corrected chi connectivity index (χ1v) is 5.50. The van der Waals surface area contributed by atoms with Crippen LogP contribution in [-0.2, 0) is 4.74 Å². The van der Waals surface area contributed by atoms with E-state index in [0.29, 0.717) is 12.2 Å². The molecule has 17 heavy (non-hydrogen) atoms. The maximum absolute atomic E-state index is 13.8. The first-order valence-electron chi connectivity index (χ1n) is 5.50. The van der Waals surface area contributed by atoms with Crippen molar-refractivity contribution in [3.63, 3.8) is 0 Å². The Hall–Kier alpha value is -1.42. The number of aryl methyl sites for hydroxylation is 1. The van der Waals surface area contributed by atoms with Crippen LogP contribution in [0.3, 0.4) is 0 Å².